The smallest absolute Gasteiger partial charge is 0.334 e. The molecule has 19 heavy (non-hydrogen) atoms. The summed E-state index contributed by atoms with van der Waals surface area (Å²) in [5.74, 6) is -0.366. The molecule has 0 aromatic carbocycles. The first-order valence-corrected chi connectivity index (χ1v) is 6.81. The molecule has 2 rings (SSSR count). The van der Waals surface area contributed by atoms with Crippen molar-refractivity contribution in [2.45, 2.75) is 57.3 Å². The maximum absolute atomic E-state index is 11.5. The van der Waals surface area contributed by atoms with Crippen molar-refractivity contribution in [3.63, 3.8) is 0 Å². The van der Waals surface area contributed by atoms with E-state index in [0.29, 0.717) is 31.3 Å². The summed E-state index contributed by atoms with van der Waals surface area (Å²) in [5, 5.41) is 19.9. The van der Waals surface area contributed by atoms with Gasteiger partial charge in [0.15, 0.2) is 0 Å². The summed E-state index contributed by atoms with van der Waals surface area (Å²) in [5.41, 5.74) is 0.444. The van der Waals surface area contributed by atoms with E-state index in [0.717, 1.165) is 5.57 Å². The summed E-state index contributed by atoms with van der Waals surface area (Å²) in [4.78, 5) is 11.5. The Labute approximate surface area is 113 Å². The zero-order valence-electron chi connectivity index (χ0n) is 11.6. The Balaban J connectivity index is 2.16. The van der Waals surface area contributed by atoms with Crippen molar-refractivity contribution in [2.24, 2.45) is 5.92 Å². The molecule has 1 aliphatic carbocycles. The van der Waals surface area contributed by atoms with Crippen LogP contribution in [0.3, 0.4) is 0 Å². The molecule has 1 heterocycles. The molecule has 0 bridgehead atoms. The highest BCUT2D eigenvalue weighted by atomic mass is 16.6. The Bertz CT molecular complexity index is 420. The van der Waals surface area contributed by atoms with Gasteiger partial charge in [0, 0.05) is 17.9 Å². The summed E-state index contributed by atoms with van der Waals surface area (Å²) in [6.45, 7) is 7.27. The highest BCUT2D eigenvalue weighted by molar-refractivity contribution is 5.90. The Morgan fingerprint density at radius 1 is 1.63 bits per heavy atom. The minimum atomic E-state index is -0.987. The Kier molecular flexibility index (Phi) is 3.83. The van der Waals surface area contributed by atoms with Crippen LogP contribution in [0.4, 0.5) is 0 Å². The van der Waals surface area contributed by atoms with E-state index in [9.17, 15) is 15.0 Å². The van der Waals surface area contributed by atoms with E-state index in [1.54, 1.807) is 13.8 Å². The van der Waals surface area contributed by atoms with E-state index in [4.69, 9.17) is 4.74 Å². The van der Waals surface area contributed by atoms with Crippen LogP contribution < -0.4 is 0 Å². The lowest BCUT2D eigenvalue weighted by Gasteiger charge is -2.28. The lowest BCUT2D eigenvalue weighted by molar-refractivity contribution is -0.140. The molecule has 4 atom stereocenters. The number of carbonyl (C=O) groups is 1. The molecule has 0 saturated carbocycles. The fraction of sp³-hybridized carbons (Fsp3) is 0.667. The summed E-state index contributed by atoms with van der Waals surface area (Å²) in [6.07, 6.45) is 3.67. The molecule has 0 unspecified atom stereocenters. The molecule has 0 aromatic rings. The van der Waals surface area contributed by atoms with Crippen molar-refractivity contribution in [3.05, 3.63) is 23.8 Å². The fourth-order valence-electron chi connectivity index (χ4n) is 2.90. The number of ether oxygens (including phenoxy) is 1. The van der Waals surface area contributed by atoms with Gasteiger partial charge in [-0.15, -0.1) is 0 Å². The summed E-state index contributed by atoms with van der Waals surface area (Å²) >= 11 is 0. The molecule has 1 aliphatic heterocycles. The van der Waals surface area contributed by atoms with E-state index >= 15 is 0 Å². The second-order valence-corrected chi connectivity index (χ2v) is 5.91. The SMILES string of the molecule is C=C1C(=O)O[C@@H]2C[C@@](C)(O)C(CC[C@H](C)O)=CC[C@H]12. The van der Waals surface area contributed by atoms with Gasteiger partial charge in [-0.3, -0.25) is 0 Å². The topological polar surface area (TPSA) is 66.8 Å². The van der Waals surface area contributed by atoms with Gasteiger partial charge in [-0.2, -0.15) is 0 Å². The largest absolute Gasteiger partial charge is 0.458 e. The van der Waals surface area contributed by atoms with Crippen molar-refractivity contribution >= 4 is 5.97 Å². The molecule has 1 saturated heterocycles. The Morgan fingerprint density at radius 3 is 2.95 bits per heavy atom. The molecule has 2 aliphatic rings. The fourth-order valence-corrected chi connectivity index (χ4v) is 2.90. The first kappa shape index (κ1) is 14.3. The molecule has 0 aromatic heterocycles. The molecule has 0 amide bonds. The van der Waals surface area contributed by atoms with Crippen LogP contribution in [0.1, 0.15) is 39.5 Å². The van der Waals surface area contributed by atoms with Crippen LogP contribution in [0, 0.1) is 5.92 Å². The molecular formula is C15H22O4. The number of carbonyl (C=O) groups excluding carboxylic acids is 1. The minimum Gasteiger partial charge on any atom is -0.458 e. The molecule has 1 fully saturated rings. The lowest BCUT2D eigenvalue weighted by Crippen LogP contribution is -2.33. The van der Waals surface area contributed by atoms with Crippen LogP contribution >= 0.6 is 0 Å². The molecule has 0 spiro atoms. The second-order valence-electron chi connectivity index (χ2n) is 5.91. The second kappa shape index (κ2) is 5.10. The highest BCUT2D eigenvalue weighted by Gasteiger charge is 2.44. The number of fused-ring (bicyclic) bond motifs is 1. The van der Waals surface area contributed by atoms with Crippen LogP contribution in [0.15, 0.2) is 23.8 Å². The van der Waals surface area contributed by atoms with Gasteiger partial charge in [-0.1, -0.05) is 12.7 Å². The van der Waals surface area contributed by atoms with E-state index in [2.05, 4.69) is 6.58 Å². The highest BCUT2D eigenvalue weighted by Crippen LogP contribution is 2.41. The Morgan fingerprint density at radius 2 is 2.32 bits per heavy atom. The van der Waals surface area contributed by atoms with Crippen LogP contribution in [0.5, 0.6) is 0 Å². The number of allylic oxidation sites excluding steroid dienone is 1. The number of esters is 1. The van der Waals surface area contributed by atoms with Crippen molar-refractivity contribution in [1.82, 2.24) is 0 Å². The maximum Gasteiger partial charge on any atom is 0.334 e. The summed E-state index contributed by atoms with van der Waals surface area (Å²) < 4.78 is 5.29. The van der Waals surface area contributed by atoms with E-state index in [-0.39, 0.29) is 24.1 Å². The zero-order valence-corrected chi connectivity index (χ0v) is 11.6. The monoisotopic (exact) mass is 266 g/mol. The quantitative estimate of drug-likeness (QED) is 0.464. The van der Waals surface area contributed by atoms with Crippen molar-refractivity contribution < 1.29 is 19.7 Å². The molecule has 2 N–H and O–H groups in total. The average Bonchev–Trinajstić information content (AvgIpc) is 2.48. The predicted octanol–water partition coefficient (Wildman–Crippen LogP) is 1.72. The molecule has 4 heteroatoms. The number of rotatable bonds is 3. The van der Waals surface area contributed by atoms with Gasteiger partial charge < -0.3 is 14.9 Å². The third-order valence-electron chi connectivity index (χ3n) is 4.16. The normalized spacial score (nSPS) is 36.3. The van der Waals surface area contributed by atoms with Crippen molar-refractivity contribution in [2.75, 3.05) is 0 Å². The molecule has 0 radical (unpaired) electrons. The molecule has 106 valence electrons. The average molecular weight is 266 g/mol. The van der Waals surface area contributed by atoms with Gasteiger partial charge in [-0.05, 0) is 38.7 Å². The van der Waals surface area contributed by atoms with Crippen LogP contribution in [-0.4, -0.2) is 34.0 Å². The van der Waals surface area contributed by atoms with Gasteiger partial charge in [0.25, 0.3) is 0 Å². The number of aliphatic hydroxyl groups excluding tert-OH is 1. The Hall–Kier alpha value is -1.13. The van der Waals surface area contributed by atoms with Crippen molar-refractivity contribution in [3.8, 4) is 0 Å². The predicted molar refractivity (Wildman–Crippen MR) is 71.4 cm³/mol. The van der Waals surface area contributed by atoms with Crippen LogP contribution in [0.25, 0.3) is 0 Å². The van der Waals surface area contributed by atoms with Gasteiger partial charge in [0.1, 0.15) is 6.10 Å². The van der Waals surface area contributed by atoms with E-state index in [1.165, 1.54) is 0 Å². The number of hydrogen-bond acceptors (Lipinski definition) is 4. The minimum absolute atomic E-state index is 0.0250. The van der Waals surface area contributed by atoms with Crippen LogP contribution in [-0.2, 0) is 9.53 Å². The third kappa shape index (κ3) is 2.90. The zero-order chi connectivity index (χ0) is 14.2. The van der Waals surface area contributed by atoms with Gasteiger partial charge >= 0.3 is 5.97 Å². The molecular weight excluding hydrogens is 244 g/mol. The first-order valence-electron chi connectivity index (χ1n) is 6.81. The first-order chi connectivity index (χ1) is 8.81. The van der Waals surface area contributed by atoms with Crippen molar-refractivity contribution in [1.29, 1.82) is 0 Å². The number of aliphatic hydroxyl groups is 2. The lowest BCUT2D eigenvalue weighted by atomic mass is 9.86. The number of hydrogen-bond donors (Lipinski definition) is 2. The van der Waals surface area contributed by atoms with Gasteiger partial charge in [0.2, 0.25) is 0 Å². The van der Waals surface area contributed by atoms with E-state index < -0.39 is 5.60 Å². The molecule has 4 nitrogen and oxygen atoms in total. The maximum atomic E-state index is 11.5. The van der Waals surface area contributed by atoms with Gasteiger partial charge in [-0.25, -0.2) is 4.79 Å². The van der Waals surface area contributed by atoms with E-state index in [1.807, 2.05) is 6.08 Å². The standard InChI is InChI=1S/C15H22O4/c1-9(16)4-5-11-6-7-12-10(2)14(17)19-13(12)8-15(11,3)18/h6,9,12-13,16,18H,2,4-5,7-8H2,1,3H3/t9-,12+,13+,15+/m0/s1. The van der Waals surface area contributed by atoms with Gasteiger partial charge in [0.05, 0.1) is 11.7 Å². The third-order valence-corrected chi connectivity index (χ3v) is 4.16. The van der Waals surface area contributed by atoms with Crippen LogP contribution in [0.2, 0.25) is 0 Å². The summed E-state index contributed by atoms with van der Waals surface area (Å²) in [6, 6.07) is 0. The summed E-state index contributed by atoms with van der Waals surface area (Å²) in [7, 11) is 0.